The predicted octanol–water partition coefficient (Wildman–Crippen LogP) is 4.42. The van der Waals surface area contributed by atoms with Crippen LogP contribution in [0, 0.1) is 11.6 Å². The zero-order valence-corrected chi connectivity index (χ0v) is 12.5. The Hall–Kier alpha value is -2.80. The van der Waals surface area contributed by atoms with Crippen molar-refractivity contribution in [3.8, 4) is 0 Å². The minimum absolute atomic E-state index is 0.0744. The largest absolute Gasteiger partial charge is 0.332 e. The van der Waals surface area contributed by atoms with Gasteiger partial charge < -0.3 is 10.6 Å². The summed E-state index contributed by atoms with van der Waals surface area (Å²) in [5.41, 5.74) is 0.956. The van der Waals surface area contributed by atoms with Gasteiger partial charge in [-0.15, -0.1) is 11.3 Å². The first-order valence-corrected chi connectivity index (χ1v) is 7.53. The molecule has 1 aromatic heterocycles. The van der Waals surface area contributed by atoms with Crippen LogP contribution in [-0.4, -0.2) is 10.9 Å². The SMILES string of the molecule is O=C(Nc1ccc(F)cc1F)c1cccc(Nc2nccs2)c1. The van der Waals surface area contributed by atoms with Crippen LogP contribution in [0.25, 0.3) is 0 Å². The van der Waals surface area contributed by atoms with E-state index in [0.29, 0.717) is 16.4 Å². The summed E-state index contributed by atoms with van der Waals surface area (Å²) in [5.74, 6) is -2.01. The van der Waals surface area contributed by atoms with Crippen molar-refractivity contribution in [3.63, 3.8) is 0 Å². The maximum Gasteiger partial charge on any atom is 0.255 e. The van der Waals surface area contributed by atoms with E-state index in [9.17, 15) is 13.6 Å². The molecule has 0 unspecified atom stereocenters. The summed E-state index contributed by atoms with van der Waals surface area (Å²) in [6.45, 7) is 0. The Balaban J connectivity index is 1.77. The molecule has 0 saturated heterocycles. The van der Waals surface area contributed by atoms with Gasteiger partial charge in [0.15, 0.2) is 5.13 Å². The Morgan fingerprint density at radius 2 is 2.00 bits per heavy atom. The van der Waals surface area contributed by atoms with Crippen LogP contribution in [0.15, 0.2) is 54.0 Å². The van der Waals surface area contributed by atoms with Gasteiger partial charge in [0, 0.05) is 28.9 Å². The molecule has 0 radical (unpaired) electrons. The smallest absolute Gasteiger partial charge is 0.255 e. The molecular weight excluding hydrogens is 320 g/mol. The van der Waals surface area contributed by atoms with Crippen molar-refractivity contribution in [1.29, 1.82) is 0 Å². The van der Waals surface area contributed by atoms with Gasteiger partial charge >= 0.3 is 0 Å². The number of rotatable bonds is 4. The van der Waals surface area contributed by atoms with Gasteiger partial charge in [-0.05, 0) is 30.3 Å². The van der Waals surface area contributed by atoms with Crippen molar-refractivity contribution in [2.24, 2.45) is 0 Å². The molecular formula is C16H11F2N3OS. The Kier molecular flexibility index (Phi) is 4.29. The van der Waals surface area contributed by atoms with E-state index in [1.165, 1.54) is 17.4 Å². The summed E-state index contributed by atoms with van der Waals surface area (Å²) in [5, 5.41) is 8.01. The Morgan fingerprint density at radius 3 is 2.74 bits per heavy atom. The molecule has 3 rings (SSSR count). The zero-order chi connectivity index (χ0) is 16.2. The van der Waals surface area contributed by atoms with Crippen molar-refractivity contribution >= 4 is 33.8 Å². The lowest BCUT2D eigenvalue weighted by atomic mass is 10.2. The standard InChI is InChI=1S/C16H11F2N3OS/c17-11-4-5-14(13(18)9-11)21-15(22)10-2-1-3-12(8-10)20-16-19-6-7-23-16/h1-9H,(H,19,20)(H,21,22). The van der Waals surface area contributed by atoms with Crippen LogP contribution < -0.4 is 10.6 Å². The van der Waals surface area contributed by atoms with Crippen LogP contribution in [0.2, 0.25) is 0 Å². The fourth-order valence-electron chi connectivity index (χ4n) is 1.93. The molecule has 0 fully saturated rings. The van der Waals surface area contributed by atoms with Gasteiger partial charge in [0.2, 0.25) is 0 Å². The topological polar surface area (TPSA) is 54.0 Å². The summed E-state index contributed by atoms with van der Waals surface area (Å²) >= 11 is 1.43. The molecule has 2 N–H and O–H groups in total. The third-order valence-electron chi connectivity index (χ3n) is 2.99. The first kappa shape index (κ1) is 15.1. The summed E-state index contributed by atoms with van der Waals surface area (Å²) in [6, 6.07) is 9.69. The van der Waals surface area contributed by atoms with Crippen LogP contribution in [0.5, 0.6) is 0 Å². The highest BCUT2D eigenvalue weighted by Gasteiger charge is 2.11. The van der Waals surface area contributed by atoms with Crippen LogP contribution in [0.3, 0.4) is 0 Å². The summed E-state index contributed by atoms with van der Waals surface area (Å²) in [6.07, 6.45) is 1.67. The van der Waals surface area contributed by atoms with Crippen molar-refractivity contribution in [1.82, 2.24) is 4.98 Å². The van der Waals surface area contributed by atoms with Gasteiger partial charge in [0.25, 0.3) is 5.91 Å². The van der Waals surface area contributed by atoms with E-state index < -0.39 is 17.5 Å². The molecule has 1 amide bonds. The fraction of sp³-hybridized carbons (Fsp3) is 0. The van der Waals surface area contributed by atoms with Crippen molar-refractivity contribution < 1.29 is 13.6 Å². The van der Waals surface area contributed by atoms with Crippen LogP contribution >= 0.6 is 11.3 Å². The second-order valence-electron chi connectivity index (χ2n) is 4.62. The average Bonchev–Trinajstić information content (AvgIpc) is 3.03. The quantitative estimate of drug-likeness (QED) is 0.744. The van der Waals surface area contributed by atoms with Crippen molar-refractivity contribution in [3.05, 3.63) is 71.2 Å². The highest BCUT2D eigenvalue weighted by molar-refractivity contribution is 7.13. The highest BCUT2D eigenvalue weighted by atomic mass is 32.1. The number of hydrogen-bond acceptors (Lipinski definition) is 4. The lowest BCUT2D eigenvalue weighted by Gasteiger charge is -2.08. The maximum absolute atomic E-state index is 13.6. The molecule has 0 saturated carbocycles. The first-order valence-electron chi connectivity index (χ1n) is 6.65. The summed E-state index contributed by atoms with van der Waals surface area (Å²) in [7, 11) is 0. The lowest BCUT2D eigenvalue weighted by Crippen LogP contribution is -2.13. The predicted molar refractivity (Wildman–Crippen MR) is 86.1 cm³/mol. The Bertz CT molecular complexity index is 837. The molecule has 0 bridgehead atoms. The maximum atomic E-state index is 13.6. The monoisotopic (exact) mass is 331 g/mol. The molecule has 0 spiro atoms. The molecule has 0 aliphatic heterocycles. The number of amides is 1. The number of benzene rings is 2. The van der Waals surface area contributed by atoms with Gasteiger partial charge in [0.1, 0.15) is 11.6 Å². The normalized spacial score (nSPS) is 10.3. The zero-order valence-electron chi connectivity index (χ0n) is 11.7. The molecule has 4 nitrogen and oxygen atoms in total. The summed E-state index contributed by atoms with van der Waals surface area (Å²) < 4.78 is 26.5. The number of anilines is 3. The van der Waals surface area contributed by atoms with Gasteiger partial charge in [-0.1, -0.05) is 6.07 Å². The lowest BCUT2D eigenvalue weighted by molar-refractivity contribution is 0.102. The molecule has 23 heavy (non-hydrogen) atoms. The van der Waals surface area contributed by atoms with E-state index in [1.54, 1.807) is 30.5 Å². The number of carbonyl (C=O) groups is 1. The molecule has 0 aliphatic carbocycles. The number of aromatic nitrogens is 1. The van der Waals surface area contributed by atoms with E-state index in [0.717, 1.165) is 12.1 Å². The average molecular weight is 331 g/mol. The number of carbonyl (C=O) groups excluding carboxylic acids is 1. The second kappa shape index (κ2) is 6.53. The van der Waals surface area contributed by atoms with E-state index in [1.807, 2.05) is 5.38 Å². The molecule has 7 heteroatoms. The number of thiazole rings is 1. The van der Waals surface area contributed by atoms with Gasteiger partial charge in [0.05, 0.1) is 5.69 Å². The van der Waals surface area contributed by atoms with E-state index >= 15 is 0 Å². The van der Waals surface area contributed by atoms with Crippen LogP contribution in [0.4, 0.5) is 25.3 Å². The molecule has 3 aromatic rings. The number of nitrogens with one attached hydrogen (secondary N) is 2. The summed E-state index contributed by atoms with van der Waals surface area (Å²) in [4.78, 5) is 16.3. The number of halogens is 2. The van der Waals surface area contributed by atoms with Gasteiger partial charge in [-0.3, -0.25) is 4.79 Å². The third kappa shape index (κ3) is 3.70. The van der Waals surface area contributed by atoms with Crippen LogP contribution in [-0.2, 0) is 0 Å². The van der Waals surface area contributed by atoms with Crippen molar-refractivity contribution in [2.45, 2.75) is 0 Å². The Labute approximate surface area is 134 Å². The van der Waals surface area contributed by atoms with Gasteiger partial charge in [-0.2, -0.15) is 0 Å². The van der Waals surface area contributed by atoms with E-state index in [4.69, 9.17) is 0 Å². The third-order valence-corrected chi connectivity index (χ3v) is 3.68. The number of hydrogen-bond donors (Lipinski definition) is 2. The van der Waals surface area contributed by atoms with Crippen LogP contribution in [0.1, 0.15) is 10.4 Å². The second-order valence-corrected chi connectivity index (χ2v) is 5.52. The minimum atomic E-state index is -0.824. The molecule has 0 aliphatic rings. The first-order chi connectivity index (χ1) is 11.1. The number of nitrogens with zero attached hydrogens (tertiary/aromatic N) is 1. The molecule has 116 valence electrons. The fourth-order valence-corrected chi connectivity index (χ4v) is 2.48. The minimum Gasteiger partial charge on any atom is -0.332 e. The highest BCUT2D eigenvalue weighted by Crippen LogP contribution is 2.21. The molecule has 0 atom stereocenters. The molecule has 2 aromatic carbocycles. The molecule has 1 heterocycles. The Morgan fingerprint density at radius 1 is 1.13 bits per heavy atom. The van der Waals surface area contributed by atoms with E-state index in [2.05, 4.69) is 15.6 Å². The van der Waals surface area contributed by atoms with Crippen molar-refractivity contribution in [2.75, 3.05) is 10.6 Å². The van der Waals surface area contributed by atoms with Gasteiger partial charge in [-0.25, -0.2) is 13.8 Å². The van der Waals surface area contributed by atoms with E-state index in [-0.39, 0.29) is 5.69 Å².